The molecule has 0 aliphatic heterocycles. The Morgan fingerprint density at radius 2 is 1.91 bits per heavy atom. The molecule has 1 amide bonds. The minimum atomic E-state index is -0.520. The number of carbonyl (C=O) groups excluding carboxylic acids is 1. The summed E-state index contributed by atoms with van der Waals surface area (Å²) in [6.07, 6.45) is 1.33. The van der Waals surface area contributed by atoms with Gasteiger partial charge in [-0.15, -0.1) is 0 Å². The maximum absolute atomic E-state index is 12.4. The van der Waals surface area contributed by atoms with Crippen LogP contribution in [0, 0.1) is 0 Å². The van der Waals surface area contributed by atoms with Gasteiger partial charge < -0.3 is 15.2 Å². The predicted octanol–water partition coefficient (Wildman–Crippen LogP) is 3.64. The zero-order chi connectivity index (χ0) is 22.8. The third-order valence-corrected chi connectivity index (χ3v) is 4.67. The van der Waals surface area contributed by atoms with Crippen molar-refractivity contribution in [1.29, 1.82) is 0 Å². The first-order chi connectivity index (χ1) is 15.6. The summed E-state index contributed by atoms with van der Waals surface area (Å²) in [6.45, 7) is 3.59. The van der Waals surface area contributed by atoms with Crippen LogP contribution in [0.5, 0.6) is 5.75 Å². The average molecular weight is 437 g/mol. The maximum atomic E-state index is 12.4. The number of rotatable bonds is 10. The SMILES string of the molecule is CCOC(=O)Nc1cccc(Cn2nc(-c3ccc(OCCCCN)cc3)ccc2=O)c1. The highest BCUT2D eigenvalue weighted by Gasteiger charge is 2.07. The first-order valence-electron chi connectivity index (χ1n) is 10.6. The van der Waals surface area contributed by atoms with Crippen LogP contribution in [0.15, 0.2) is 65.5 Å². The molecule has 0 fully saturated rings. The Bertz CT molecular complexity index is 1080. The number of hydrogen-bond donors (Lipinski definition) is 2. The molecule has 8 nitrogen and oxygen atoms in total. The van der Waals surface area contributed by atoms with Crippen molar-refractivity contribution in [2.75, 3.05) is 25.1 Å². The second-order valence-corrected chi connectivity index (χ2v) is 7.13. The Hall–Kier alpha value is -3.65. The number of ether oxygens (including phenoxy) is 2. The largest absolute Gasteiger partial charge is 0.494 e. The summed E-state index contributed by atoms with van der Waals surface area (Å²) in [5.41, 5.74) is 8.26. The number of anilines is 1. The minimum absolute atomic E-state index is 0.211. The smallest absolute Gasteiger partial charge is 0.411 e. The average Bonchev–Trinajstić information content (AvgIpc) is 2.79. The van der Waals surface area contributed by atoms with E-state index in [9.17, 15) is 9.59 Å². The number of nitrogens with one attached hydrogen (secondary N) is 1. The maximum Gasteiger partial charge on any atom is 0.411 e. The Morgan fingerprint density at radius 1 is 1.09 bits per heavy atom. The summed E-state index contributed by atoms with van der Waals surface area (Å²) in [5.74, 6) is 0.782. The van der Waals surface area contributed by atoms with E-state index < -0.39 is 6.09 Å². The molecule has 0 spiro atoms. The summed E-state index contributed by atoms with van der Waals surface area (Å²) < 4.78 is 12.0. The van der Waals surface area contributed by atoms with Gasteiger partial charge in [0, 0.05) is 17.3 Å². The molecule has 0 aliphatic rings. The number of nitrogens with zero attached hydrogens (tertiary/aromatic N) is 2. The van der Waals surface area contributed by atoms with Gasteiger partial charge >= 0.3 is 6.09 Å². The van der Waals surface area contributed by atoms with Crippen LogP contribution >= 0.6 is 0 Å². The zero-order valence-electron chi connectivity index (χ0n) is 18.1. The Morgan fingerprint density at radius 3 is 2.66 bits per heavy atom. The fourth-order valence-electron chi connectivity index (χ4n) is 3.08. The van der Waals surface area contributed by atoms with E-state index in [2.05, 4.69) is 10.4 Å². The highest BCUT2D eigenvalue weighted by molar-refractivity contribution is 5.84. The highest BCUT2D eigenvalue weighted by atomic mass is 16.5. The summed E-state index contributed by atoms with van der Waals surface area (Å²) in [5, 5.41) is 7.17. The molecule has 0 atom stereocenters. The first-order valence-corrected chi connectivity index (χ1v) is 10.6. The fraction of sp³-hybridized carbons (Fsp3) is 0.292. The van der Waals surface area contributed by atoms with Crippen molar-refractivity contribution in [3.05, 3.63) is 76.6 Å². The number of nitrogens with two attached hydrogens (primary N) is 1. The van der Waals surface area contributed by atoms with Crippen molar-refractivity contribution in [2.24, 2.45) is 5.73 Å². The van der Waals surface area contributed by atoms with E-state index in [0.29, 0.717) is 31.1 Å². The molecule has 2 aromatic carbocycles. The van der Waals surface area contributed by atoms with Gasteiger partial charge in [0.25, 0.3) is 5.56 Å². The lowest BCUT2D eigenvalue weighted by Crippen LogP contribution is -2.23. The van der Waals surface area contributed by atoms with Crippen molar-refractivity contribution in [2.45, 2.75) is 26.3 Å². The Balaban J connectivity index is 1.71. The molecule has 0 radical (unpaired) electrons. The third kappa shape index (κ3) is 6.68. The first kappa shape index (κ1) is 23.0. The molecular weight excluding hydrogens is 408 g/mol. The topological polar surface area (TPSA) is 108 Å². The summed E-state index contributed by atoms with van der Waals surface area (Å²) in [7, 11) is 0. The summed E-state index contributed by atoms with van der Waals surface area (Å²) in [4.78, 5) is 24.0. The predicted molar refractivity (Wildman–Crippen MR) is 124 cm³/mol. The lowest BCUT2D eigenvalue weighted by atomic mass is 10.1. The molecule has 8 heteroatoms. The zero-order valence-corrected chi connectivity index (χ0v) is 18.1. The van der Waals surface area contributed by atoms with E-state index in [1.54, 1.807) is 31.2 Å². The van der Waals surface area contributed by atoms with Crippen molar-refractivity contribution in [3.63, 3.8) is 0 Å². The van der Waals surface area contributed by atoms with Crippen LogP contribution in [0.1, 0.15) is 25.3 Å². The van der Waals surface area contributed by atoms with Gasteiger partial charge in [0.1, 0.15) is 5.75 Å². The third-order valence-electron chi connectivity index (χ3n) is 4.67. The van der Waals surface area contributed by atoms with E-state index in [0.717, 1.165) is 29.7 Å². The van der Waals surface area contributed by atoms with Crippen molar-refractivity contribution in [1.82, 2.24) is 9.78 Å². The molecule has 168 valence electrons. The van der Waals surface area contributed by atoms with Gasteiger partial charge in [-0.05, 0) is 74.3 Å². The van der Waals surface area contributed by atoms with Gasteiger partial charge in [0.2, 0.25) is 0 Å². The van der Waals surface area contributed by atoms with Crippen LogP contribution in [0.3, 0.4) is 0 Å². The number of aromatic nitrogens is 2. The quantitative estimate of drug-likeness (QED) is 0.470. The molecular formula is C24H28N4O4. The lowest BCUT2D eigenvalue weighted by molar-refractivity contribution is 0.168. The molecule has 3 rings (SSSR count). The molecule has 3 aromatic rings. The molecule has 0 saturated carbocycles. The standard InChI is InChI=1S/C24H28N4O4/c1-2-31-24(30)26-20-7-5-6-18(16-20)17-28-23(29)13-12-22(27-28)19-8-10-21(11-9-19)32-15-4-3-14-25/h5-13,16H,2-4,14-15,17,25H2,1H3,(H,26,30). The number of carbonyl (C=O) groups is 1. The molecule has 0 aliphatic carbocycles. The van der Waals surface area contributed by atoms with Gasteiger partial charge in [-0.3, -0.25) is 10.1 Å². The van der Waals surface area contributed by atoms with Crippen LogP contribution in [0.2, 0.25) is 0 Å². The Kier molecular flexibility index (Phi) is 8.39. The van der Waals surface area contributed by atoms with Crippen LogP contribution in [-0.4, -0.2) is 35.6 Å². The number of unbranched alkanes of at least 4 members (excludes halogenated alkanes) is 1. The van der Waals surface area contributed by atoms with Crippen LogP contribution < -0.4 is 21.3 Å². The van der Waals surface area contributed by atoms with Crippen molar-refractivity contribution in [3.8, 4) is 17.0 Å². The molecule has 1 heterocycles. The van der Waals surface area contributed by atoms with Gasteiger partial charge in [-0.1, -0.05) is 12.1 Å². The molecule has 0 saturated heterocycles. The second kappa shape index (κ2) is 11.7. The number of hydrogen-bond acceptors (Lipinski definition) is 6. The van der Waals surface area contributed by atoms with E-state index in [-0.39, 0.29) is 12.1 Å². The van der Waals surface area contributed by atoms with E-state index in [4.69, 9.17) is 15.2 Å². The normalized spacial score (nSPS) is 10.6. The molecule has 0 unspecified atom stereocenters. The van der Waals surface area contributed by atoms with E-state index in [1.807, 2.05) is 30.3 Å². The number of benzene rings is 2. The van der Waals surface area contributed by atoms with Crippen molar-refractivity contribution < 1.29 is 14.3 Å². The van der Waals surface area contributed by atoms with Gasteiger partial charge in [0.15, 0.2) is 0 Å². The van der Waals surface area contributed by atoms with Crippen LogP contribution in [-0.2, 0) is 11.3 Å². The lowest BCUT2D eigenvalue weighted by Gasteiger charge is -2.10. The van der Waals surface area contributed by atoms with E-state index >= 15 is 0 Å². The molecule has 32 heavy (non-hydrogen) atoms. The molecule has 1 aromatic heterocycles. The Labute approximate surface area is 187 Å². The monoisotopic (exact) mass is 436 g/mol. The fourth-order valence-corrected chi connectivity index (χ4v) is 3.08. The van der Waals surface area contributed by atoms with Gasteiger partial charge in [0.05, 0.1) is 25.5 Å². The second-order valence-electron chi connectivity index (χ2n) is 7.13. The van der Waals surface area contributed by atoms with Crippen LogP contribution in [0.25, 0.3) is 11.3 Å². The van der Waals surface area contributed by atoms with Crippen molar-refractivity contribution >= 4 is 11.8 Å². The number of amides is 1. The van der Waals surface area contributed by atoms with E-state index in [1.165, 1.54) is 10.7 Å². The van der Waals surface area contributed by atoms with Crippen LogP contribution in [0.4, 0.5) is 10.5 Å². The molecule has 0 bridgehead atoms. The highest BCUT2D eigenvalue weighted by Crippen LogP contribution is 2.20. The summed E-state index contributed by atoms with van der Waals surface area (Å²) >= 11 is 0. The minimum Gasteiger partial charge on any atom is -0.494 e. The molecule has 3 N–H and O–H groups in total. The van der Waals surface area contributed by atoms with Gasteiger partial charge in [-0.25, -0.2) is 9.48 Å². The summed E-state index contributed by atoms with van der Waals surface area (Å²) in [6, 6.07) is 18.0. The van der Waals surface area contributed by atoms with Gasteiger partial charge in [-0.2, -0.15) is 5.10 Å².